The Labute approximate surface area is 161 Å². The van der Waals surface area contributed by atoms with E-state index in [2.05, 4.69) is 45.7 Å². The molecule has 1 aliphatic rings. The van der Waals surface area contributed by atoms with E-state index in [4.69, 9.17) is 0 Å². The lowest BCUT2D eigenvalue weighted by Gasteiger charge is -2.36. The zero-order valence-electron chi connectivity index (χ0n) is 14.8. The van der Waals surface area contributed by atoms with Crippen molar-refractivity contribution >= 4 is 22.1 Å². The lowest BCUT2D eigenvalue weighted by Crippen LogP contribution is -2.40. The number of fused-ring (bicyclic) bond motifs is 2. The van der Waals surface area contributed by atoms with E-state index in [9.17, 15) is 4.79 Å². The fourth-order valence-electron chi connectivity index (χ4n) is 3.95. The van der Waals surface area contributed by atoms with Crippen LogP contribution in [0.1, 0.15) is 22.0 Å². The second-order valence-electron chi connectivity index (χ2n) is 6.85. The summed E-state index contributed by atoms with van der Waals surface area (Å²) >= 11 is 1.83. The SMILES string of the molecule is O=c1c2ccccc2cnn1CN1CCc2sccc2C1c1ccccc1. The van der Waals surface area contributed by atoms with Gasteiger partial charge in [-0.05, 0) is 35.1 Å². The molecule has 0 aliphatic carbocycles. The molecule has 0 spiro atoms. The lowest BCUT2D eigenvalue weighted by atomic mass is 9.94. The van der Waals surface area contributed by atoms with Gasteiger partial charge in [0.15, 0.2) is 0 Å². The Bertz CT molecular complexity index is 1150. The largest absolute Gasteiger partial charge is 0.275 e. The fraction of sp³-hybridized carbons (Fsp3) is 0.182. The predicted octanol–water partition coefficient (Wildman–Crippen LogP) is 4.06. The van der Waals surface area contributed by atoms with E-state index < -0.39 is 0 Å². The minimum Gasteiger partial charge on any atom is -0.273 e. The molecule has 0 saturated carbocycles. The van der Waals surface area contributed by atoms with Crippen LogP contribution in [0.25, 0.3) is 10.8 Å². The molecule has 5 heteroatoms. The van der Waals surface area contributed by atoms with E-state index >= 15 is 0 Å². The Balaban J connectivity index is 1.56. The third-order valence-electron chi connectivity index (χ3n) is 5.26. The van der Waals surface area contributed by atoms with Crippen LogP contribution in [0.2, 0.25) is 0 Å². The van der Waals surface area contributed by atoms with Crippen molar-refractivity contribution in [3.63, 3.8) is 0 Å². The average molecular weight is 373 g/mol. The van der Waals surface area contributed by atoms with Crippen LogP contribution >= 0.6 is 11.3 Å². The first-order valence-electron chi connectivity index (χ1n) is 9.11. The molecular weight excluding hydrogens is 354 g/mol. The van der Waals surface area contributed by atoms with Crippen LogP contribution in [0.5, 0.6) is 0 Å². The zero-order valence-corrected chi connectivity index (χ0v) is 15.6. The highest BCUT2D eigenvalue weighted by atomic mass is 32.1. The van der Waals surface area contributed by atoms with Gasteiger partial charge in [0.25, 0.3) is 5.56 Å². The van der Waals surface area contributed by atoms with Gasteiger partial charge in [-0.3, -0.25) is 9.69 Å². The molecule has 0 radical (unpaired) electrons. The molecule has 0 amide bonds. The number of thiophene rings is 1. The zero-order chi connectivity index (χ0) is 18.2. The quantitative estimate of drug-likeness (QED) is 0.543. The molecule has 5 rings (SSSR count). The highest BCUT2D eigenvalue weighted by Gasteiger charge is 2.30. The molecular formula is C22H19N3OS. The number of hydrogen-bond acceptors (Lipinski definition) is 4. The van der Waals surface area contributed by atoms with Gasteiger partial charge in [-0.2, -0.15) is 5.10 Å². The van der Waals surface area contributed by atoms with Crippen LogP contribution in [0.3, 0.4) is 0 Å². The molecule has 0 saturated heterocycles. The van der Waals surface area contributed by atoms with Crippen molar-refractivity contribution < 1.29 is 0 Å². The van der Waals surface area contributed by atoms with E-state index in [1.54, 1.807) is 10.9 Å². The summed E-state index contributed by atoms with van der Waals surface area (Å²) in [4.78, 5) is 16.7. The number of benzene rings is 2. The average Bonchev–Trinajstić information content (AvgIpc) is 3.19. The van der Waals surface area contributed by atoms with E-state index in [0.717, 1.165) is 23.7 Å². The standard InChI is InChI=1S/C22H19N3OS/c26-22-18-9-5-4-8-17(18)14-23-25(22)15-24-12-10-20-19(11-13-27-20)21(24)16-6-2-1-3-7-16/h1-9,11,13-14,21H,10,12,15H2. The molecule has 4 nitrogen and oxygen atoms in total. The first-order chi connectivity index (χ1) is 13.3. The van der Waals surface area contributed by atoms with Crippen LogP contribution in [-0.2, 0) is 13.1 Å². The van der Waals surface area contributed by atoms with Crippen molar-refractivity contribution in [2.45, 2.75) is 19.1 Å². The number of aromatic nitrogens is 2. The van der Waals surface area contributed by atoms with Crippen LogP contribution in [0, 0.1) is 0 Å². The summed E-state index contributed by atoms with van der Waals surface area (Å²) in [6.07, 6.45) is 2.80. The first kappa shape index (κ1) is 16.4. The summed E-state index contributed by atoms with van der Waals surface area (Å²) in [6, 6.07) is 20.5. The Morgan fingerprint density at radius 1 is 1.04 bits per heavy atom. The van der Waals surface area contributed by atoms with Crippen LogP contribution in [0.15, 0.2) is 77.0 Å². The minimum atomic E-state index is -0.0315. The molecule has 1 unspecified atom stereocenters. The molecule has 0 bridgehead atoms. The van der Waals surface area contributed by atoms with Crippen molar-refractivity contribution in [1.82, 2.24) is 14.7 Å². The van der Waals surface area contributed by atoms with E-state index in [1.807, 2.05) is 41.7 Å². The van der Waals surface area contributed by atoms with Gasteiger partial charge in [0.05, 0.1) is 24.3 Å². The Morgan fingerprint density at radius 2 is 1.85 bits per heavy atom. The highest BCUT2D eigenvalue weighted by Crippen LogP contribution is 2.37. The van der Waals surface area contributed by atoms with Crippen LogP contribution in [-0.4, -0.2) is 21.2 Å². The summed E-state index contributed by atoms with van der Waals surface area (Å²) < 4.78 is 1.59. The fourth-order valence-corrected chi connectivity index (χ4v) is 4.85. The van der Waals surface area contributed by atoms with Gasteiger partial charge >= 0.3 is 0 Å². The Morgan fingerprint density at radius 3 is 2.74 bits per heavy atom. The normalized spacial score (nSPS) is 17.1. The second kappa shape index (κ2) is 6.76. The monoisotopic (exact) mass is 373 g/mol. The maximum absolute atomic E-state index is 12.9. The Hall–Kier alpha value is -2.76. The van der Waals surface area contributed by atoms with Gasteiger partial charge in [-0.1, -0.05) is 48.5 Å². The maximum Gasteiger partial charge on any atom is 0.275 e. The molecule has 0 N–H and O–H groups in total. The third kappa shape index (κ3) is 2.89. The van der Waals surface area contributed by atoms with Gasteiger partial charge in [0.2, 0.25) is 0 Å². The molecule has 134 valence electrons. The summed E-state index contributed by atoms with van der Waals surface area (Å²) in [7, 11) is 0. The summed E-state index contributed by atoms with van der Waals surface area (Å²) in [5.74, 6) is 0. The lowest BCUT2D eigenvalue weighted by molar-refractivity contribution is 0.154. The third-order valence-corrected chi connectivity index (χ3v) is 6.25. The molecule has 0 fully saturated rings. The smallest absolute Gasteiger partial charge is 0.273 e. The second-order valence-corrected chi connectivity index (χ2v) is 7.85. The van der Waals surface area contributed by atoms with Crippen molar-refractivity contribution in [2.24, 2.45) is 0 Å². The van der Waals surface area contributed by atoms with E-state index in [1.165, 1.54) is 16.0 Å². The van der Waals surface area contributed by atoms with Crippen molar-refractivity contribution in [1.29, 1.82) is 0 Å². The van der Waals surface area contributed by atoms with Gasteiger partial charge in [-0.25, -0.2) is 4.68 Å². The van der Waals surface area contributed by atoms with Gasteiger partial charge in [0.1, 0.15) is 0 Å². The molecule has 4 aromatic rings. The predicted molar refractivity (Wildman–Crippen MR) is 109 cm³/mol. The van der Waals surface area contributed by atoms with Crippen molar-refractivity contribution in [2.75, 3.05) is 6.54 Å². The van der Waals surface area contributed by atoms with Gasteiger partial charge in [-0.15, -0.1) is 11.3 Å². The van der Waals surface area contributed by atoms with Crippen LogP contribution < -0.4 is 5.56 Å². The Kier molecular flexibility index (Phi) is 4.11. The molecule has 1 atom stereocenters. The van der Waals surface area contributed by atoms with Gasteiger partial charge < -0.3 is 0 Å². The van der Waals surface area contributed by atoms with Crippen LogP contribution in [0.4, 0.5) is 0 Å². The summed E-state index contributed by atoms with van der Waals surface area (Å²) in [5, 5.41) is 8.21. The summed E-state index contributed by atoms with van der Waals surface area (Å²) in [6.45, 7) is 1.40. The van der Waals surface area contributed by atoms with Crippen molar-refractivity contribution in [3.8, 4) is 0 Å². The number of nitrogens with zero attached hydrogens (tertiary/aromatic N) is 3. The topological polar surface area (TPSA) is 38.1 Å². The highest BCUT2D eigenvalue weighted by molar-refractivity contribution is 7.10. The molecule has 2 aromatic carbocycles. The molecule has 2 aromatic heterocycles. The number of rotatable bonds is 3. The summed E-state index contributed by atoms with van der Waals surface area (Å²) in [5.41, 5.74) is 2.58. The molecule has 1 aliphatic heterocycles. The molecule has 27 heavy (non-hydrogen) atoms. The number of hydrogen-bond donors (Lipinski definition) is 0. The van der Waals surface area contributed by atoms with Gasteiger partial charge in [0, 0.05) is 16.8 Å². The van der Waals surface area contributed by atoms with E-state index in [-0.39, 0.29) is 11.6 Å². The molecule has 3 heterocycles. The first-order valence-corrected chi connectivity index (χ1v) is 9.99. The van der Waals surface area contributed by atoms with E-state index in [0.29, 0.717) is 6.67 Å². The maximum atomic E-state index is 12.9. The minimum absolute atomic E-state index is 0.0315. The van der Waals surface area contributed by atoms with Crippen molar-refractivity contribution in [3.05, 3.63) is 98.6 Å².